The summed E-state index contributed by atoms with van der Waals surface area (Å²) >= 11 is 6.06. The first-order chi connectivity index (χ1) is 16.4. The van der Waals surface area contributed by atoms with Gasteiger partial charge in [-0.2, -0.15) is 18.3 Å². The van der Waals surface area contributed by atoms with Gasteiger partial charge in [0.15, 0.2) is 11.5 Å². The maximum Gasteiger partial charge on any atom is 0.435 e. The summed E-state index contributed by atoms with van der Waals surface area (Å²) in [6, 6.07) is 7.29. The molecule has 0 bridgehead atoms. The molecule has 0 saturated heterocycles. The van der Waals surface area contributed by atoms with Gasteiger partial charge in [-0.15, -0.1) is 0 Å². The minimum absolute atomic E-state index is 0.0139. The number of urea groups is 1. The summed E-state index contributed by atoms with van der Waals surface area (Å²) in [6.07, 6.45) is -3.57. The number of carbonyl (C=O) groups excluding carboxylic acids is 3. The number of pyridine rings is 1. The minimum Gasteiger partial charge on any atom is -0.330 e. The number of aryl methyl sites for hydroxylation is 1. The normalized spacial score (nSPS) is 11.1. The summed E-state index contributed by atoms with van der Waals surface area (Å²) in [5.74, 6) is -1.96. The molecule has 2 aromatic heterocycles. The molecular weight excluding hydrogens is 491 g/mol. The van der Waals surface area contributed by atoms with E-state index >= 15 is 0 Å². The number of amides is 4. The molecule has 3 N–H and O–H groups in total. The van der Waals surface area contributed by atoms with Gasteiger partial charge in [0.2, 0.25) is 0 Å². The number of hydrogen-bond donors (Lipinski definition) is 3. The Balaban J connectivity index is 1.98. The number of aromatic nitrogens is 3. The molecule has 0 aliphatic heterocycles. The summed E-state index contributed by atoms with van der Waals surface area (Å²) in [5.41, 5.74) is 2.95. The zero-order chi connectivity index (χ0) is 25.9. The Hall–Kier alpha value is -4.13. The highest BCUT2D eigenvalue weighted by Crippen LogP contribution is 2.31. The summed E-state index contributed by atoms with van der Waals surface area (Å²) < 4.78 is 40.8. The number of rotatable bonds is 4. The smallest absolute Gasteiger partial charge is 0.330 e. The molecule has 14 heteroatoms. The highest BCUT2D eigenvalue weighted by Gasteiger charge is 2.36. The van der Waals surface area contributed by atoms with Crippen molar-refractivity contribution in [3.8, 4) is 5.82 Å². The van der Waals surface area contributed by atoms with Crippen molar-refractivity contribution in [3.63, 3.8) is 0 Å². The van der Waals surface area contributed by atoms with Crippen LogP contribution in [0.4, 0.5) is 23.7 Å². The van der Waals surface area contributed by atoms with E-state index in [-0.39, 0.29) is 22.1 Å². The molecule has 35 heavy (non-hydrogen) atoms. The lowest BCUT2D eigenvalue weighted by Gasteiger charge is -2.16. The van der Waals surface area contributed by atoms with Crippen LogP contribution in [0.2, 0.25) is 5.02 Å². The second kappa shape index (κ2) is 10.0. The van der Waals surface area contributed by atoms with Gasteiger partial charge in [0, 0.05) is 26.4 Å². The van der Waals surface area contributed by atoms with Crippen LogP contribution in [-0.4, -0.2) is 51.6 Å². The summed E-state index contributed by atoms with van der Waals surface area (Å²) in [7, 11) is 2.93. The molecule has 0 unspecified atom stereocenters. The third-order valence-electron chi connectivity index (χ3n) is 4.61. The molecule has 0 aliphatic carbocycles. The average molecular weight is 510 g/mol. The van der Waals surface area contributed by atoms with Crippen LogP contribution >= 0.6 is 11.6 Å². The molecule has 0 saturated carbocycles. The fourth-order valence-corrected chi connectivity index (χ4v) is 3.12. The standard InChI is InChI=1S/C21H19ClF3N7O3/c1-11-6-4-8-13(16(11)19(34)28-29-20(35)31(2)3)27-18(33)14-10-15(21(23,24)25)30-32(14)17-12(22)7-5-9-26-17/h4-10H,1-3H3,(H,27,33)(H,28,34)(H,29,35). The number of halogens is 4. The summed E-state index contributed by atoms with van der Waals surface area (Å²) in [6.45, 7) is 1.58. The van der Waals surface area contributed by atoms with Gasteiger partial charge in [-0.25, -0.2) is 19.9 Å². The van der Waals surface area contributed by atoms with Crippen LogP contribution in [0.3, 0.4) is 0 Å². The Labute approximate surface area is 202 Å². The number of benzene rings is 1. The van der Waals surface area contributed by atoms with Crippen molar-refractivity contribution in [2.24, 2.45) is 0 Å². The lowest BCUT2D eigenvalue weighted by Crippen LogP contribution is -2.46. The second-order valence-electron chi connectivity index (χ2n) is 7.36. The van der Waals surface area contributed by atoms with Crippen LogP contribution in [0.5, 0.6) is 0 Å². The van der Waals surface area contributed by atoms with E-state index in [2.05, 4.69) is 26.3 Å². The van der Waals surface area contributed by atoms with E-state index in [0.717, 1.165) is 0 Å². The molecule has 10 nitrogen and oxygen atoms in total. The van der Waals surface area contributed by atoms with Gasteiger partial charge in [-0.1, -0.05) is 23.7 Å². The largest absolute Gasteiger partial charge is 0.435 e. The molecule has 3 rings (SSSR count). The van der Waals surface area contributed by atoms with Gasteiger partial charge in [-0.05, 0) is 30.7 Å². The van der Waals surface area contributed by atoms with Crippen molar-refractivity contribution >= 4 is 35.1 Å². The van der Waals surface area contributed by atoms with E-state index in [9.17, 15) is 27.6 Å². The maximum atomic E-state index is 13.4. The molecule has 0 aliphatic rings. The number of nitrogens with one attached hydrogen (secondary N) is 3. The van der Waals surface area contributed by atoms with Crippen molar-refractivity contribution in [3.05, 3.63) is 70.1 Å². The fraction of sp³-hybridized carbons (Fsp3) is 0.190. The second-order valence-corrected chi connectivity index (χ2v) is 7.77. The monoisotopic (exact) mass is 509 g/mol. The fourth-order valence-electron chi connectivity index (χ4n) is 2.92. The molecule has 4 amide bonds. The molecule has 1 aromatic carbocycles. The van der Waals surface area contributed by atoms with E-state index in [1.54, 1.807) is 13.0 Å². The van der Waals surface area contributed by atoms with Crippen LogP contribution in [0, 0.1) is 6.92 Å². The van der Waals surface area contributed by atoms with Gasteiger partial charge in [-0.3, -0.25) is 15.0 Å². The number of nitrogens with zero attached hydrogens (tertiary/aromatic N) is 4. The SMILES string of the molecule is Cc1cccc(NC(=O)c2cc(C(F)(F)F)nn2-c2ncccc2Cl)c1C(=O)NNC(=O)N(C)C. The molecule has 2 heterocycles. The van der Waals surface area contributed by atoms with Crippen LogP contribution in [0.1, 0.15) is 32.1 Å². The number of hydrazine groups is 1. The van der Waals surface area contributed by atoms with Crippen LogP contribution < -0.4 is 16.2 Å². The molecule has 184 valence electrons. The van der Waals surface area contributed by atoms with Gasteiger partial charge in [0.1, 0.15) is 5.69 Å². The Morgan fingerprint density at radius 1 is 1.06 bits per heavy atom. The Kier molecular flexibility index (Phi) is 7.29. The Morgan fingerprint density at radius 3 is 2.40 bits per heavy atom. The third-order valence-corrected chi connectivity index (χ3v) is 4.90. The first kappa shape index (κ1) is 25.5. The topological polar surface area (TPSA) is 121 Å². The van der Waals surface area contributed by atoms with E-state index in [4.69, 9.17) is 11.6 Å². The van der Waals surface area contributed by atoms with E-state index in [0.29, 0.717) is 16.3 Å². The van der Waals surface area contributed by atoms with Crippen LogP contribution in [0.15, 0.2) is 42.6 Å². The van der Waals surface area contributed by atoms with Crippen molar-refractivity contribution < 1.29 is 27.6 Å². The molecule has 0 atom stereocenters. The van der Waals surface area contributed by atoms with E-state index in [1.165, 1.54) is 49.5 Å². The predicted molar refractivity (Wildman–Crippen MR) is 120 cm³/mol. The maximum absolute atomic E-state index is 13.4. The summed E-state index contributed by atoms with van der Waals surface area (Å²) in [5, 5.41) is 5.86. The third kappa shape index (κ3) is 5.69. The number of anilines is 1. The highest BCUT2D eigenvalue weighted by atomic mass is 35.5. The number of hydrogen-bond acceptors (Lipinski definition) is 5. The van der Waals surface area contributed by atoms with Crippen molar-refractivity contribution in [1.29, 1.82) is 0 Å². The highest BCUT2D eigenvalue weighted by molar-refractivity contribution is 6.32. The molecule has 0 spiro atoms. The van der Waals surface area contributed by atoms with Gasteiger partial charge >= 0.3 is 12.2 Å². The molecule has 0 fully saturated rings. The van der Waals surface area contributed by atoms with E-state index in [1.807, 2.05) is 0 Å². The average Bonchev–Trinajstić information content (AvgIpc) is 3.23. The predicted octanol–water partition coefficient (Wildman–Crippen LogP) is 3.42. The lowest BCUT2D eigenvalue weighted by molar-refractivity contribution is -0.141. The van der Waals surface area contributed by atoms with Gasteiger partial charge in [0.25, 0.3) is 11.8 Å². The lowest BCUT2D eigenvalue weighted by atomic mass is 10.1. The van der Waals surface area contributed by atoms with Crippen LogP contribution in [0.25, 0.3) is 5.82 Å². The number of alkyl halides is 3. The Morgan fingerprint density at radius 2 is 1.77 bits per heavy atom. The van der Waals surface area contributed by atoms with Gasteiger partial charge in [0.05, 0.1) is 16.3 Å². The first-order valence-corrected chi connectivity index (χ1v) is 10.2. The van der Waals surface area contributed by atoms with Crippen molar-refractivity contribution in [2.45, 2.75) is 13.1 Å². The molecule has 0 radical (unpaired) electrons. The number of carbonyl (C=O) groups is 3. The molecule has 3 aromatic rings. The minimum atomic E-state index is -4.85. The first-order valence-electron chi connectivity index (χ1n) is 9.87. The zero-order valence-electron chi connectivity index (χ0n) is 18.6. The van der Waals surface area contributed by atoms with Crippen molar-refractivity contribution in [1.82, 2.24) is 30.5 Å². The van der Waals surface area contributed by atoms with E-state index < -0.39 is 35.4 Å². The molecular formula is C21H19ClF3N7O3. The van der Waals surface area contributed by atoms with Gasteiger partial charge < -0.3 is 10.2 Å². The zero-order valence-corrected chi connectivity index (χ0v) is 19.3. The summed E-state index contributed by atoms with van der Waals surface area (Å²) in [4.78, 5) is 42.6. The Bertz CT molecular complexity index is 1290. The van der Waals surface area contributed by atoms with Crippen molar-refractivity contribution in [2.75, 3.05) is 19.4 Å². The van der Waals surface area contributed by atoms with Crippen LogP contribution in [-0.2, 0) is 6.18 Å². The quantitative estimate of drug-likeness (QED) is 0.465.